The van der Waals surface area contributed by atoms with Crippen molar-refractivity contribution < 1.29 is 9.53 Å². The molecule has 1 saturated heterocycles. The molecule has 1 N–H and O–H groups in total. The van der Waals surface area contributed by atoms with Gasteiger partial charge in [0.05, 0.1) is 23.7 Å². The van der Waals surface area contributed by atoms with Gasteiger partial charge in [-0.2, -0.15) is 0 Å². The average molecular weight is 379 g/mol. The number of likely N-dealkylation sites (tertiary alicyclic amines) is 1. The van der Waals surface area contributed by atoms with Gasteiger partial charge in [0.25, 0.3) is 0 Å². The van der Waals surface area contributed by atoms with Crippen molar-refractivity contribution in [3.63, 3.8) is 0 Å². The smallest absolute Gasteiger partial charge is 0.322 e. The molecule has 0 unspecified atom stereocenters. The lowest BCUT2D eigenvalue weighted by Gasteiger charge is -2.24. The Balaban J connectivity index is 1.52. The first kappa shape index (κ1) is 17.5. The number of nitrogens with zero attached hydrogens (tertiary/aromatic N) is 2. The maximum absolute atomic E-state index is 12.9. The van der Waals surface area contributed by atoms with Crippen LogP contribution in [0.5, 0.6) is 5.75 Å². The minimum Gasteiger partial charge on any atom is -0.495 e. The highest BCUT2D eigenvalue weighted by molar-refractivity contribution is 7.15. The molecule has 0 saturated carbocycles. The second-order valence-electron chi connectivity index (χ2n) is 6.41. The van der Waals surface area contributed by atoms with Crippen LogP contribution >= 0.6 is 11.3 Å². The van der Waals surface area contributed by atoms with Crippen molar-refractivity contribution in [2.24, 2.45) is 0 Å². The Morgan fingerprint density at radius 3 is 2.78 bits per heavy atom. The molecule has 6 heteroatoms. The number of urea groups is 1. The summed E-state index contributed by atoms with van der Waals surface area (Å²) in [5.74, 6) is 0.655. The number of carbonyl (C=O) groups is 1. The van der Waals surface area contributed by atoms with Crippen molar-refractivity contribution in [3.8, 4) is 16.2 Å². The normalized spacial score (nSPS) is 16.3. The highest BCUT2D eigenvalue weighted by Gasteiger charge is 2.32. The van der Waals surface area contributed by atoms with E-state index in [1.54, 1.807) is 18.4 Å². The molecule has 1 aliphatic rings. The minimum atomic E-state index is -0.113. The Morgan fingerprint density at radius 2 is 1.96 bits per heavy atom. The van der Waals surface area contributed by atoms with E-state index in [0.717, 1.165) is 34.8 Å². The number of methoxy groups -OCH3 is 1. The summed E-state index contributed by atoms with van der Waals surface area (Å²) < 4.78 is 5.33. The molecular weight excluding hydrogens is 358 g/mol. The van der Waals surface area contributed by atoms with Crippen LogP contribution in [0.4, 0.5) is 10.5 Å². The van der Waals surface area contributed by atoms with Crippen molar-refractivity contribution in [3.05, 3.63) is 65.8 Å². The highest BCUT2D eigenvalue weighted by atomic mass is 32.1. The molecule has 1 aromatic heterocycles. The van der Waals surface area contributed by atoms with E-state index in [1.807, 2.05) is 53.6 Å². The number of anilines is 1. The molecule has 0 radical (unpaired) electrons. The van der Waals surface area contributed by atoms with Gasteiger partial charge < -0.3 is 15.0 Å². The van der Waals surface area contributed by atoms with Crippen LogP contribution in [-0.4, -0.2) is 29.6 Å². The van der Waals surface area contributed by atoms with Crippen molar-refractivity contribution in [1.82, 2.24) is 9.88 Å². The zero-order valence-electron chi connectivity index (χ0n) is 15.1. The van der Waals surface area contributed by atoms with Gasteiger partial charge in [0, 0.05) is 12.7 Å². The van der Waals surface area contributed by atoms with E-state index < -0.39 is 0 Å². The van der Waals surface area contributed by atoms with Crippen LogP contribution in [0, 0.1) is 0 Å². The third kappa shape index (κ3) is 3.66. The number of carbonyl (C=O) groups excluding carboxylic acids is 1. The molecule has 2 heterocycles. The summed E-state index contributed by atoms with van der Waals surface area (Å²) in [6.45, 7) is 0.728. The fourth-order valence-corrected chi connectivity index (χ4v) is 4.45. The van der Waals surface area contributed by atoms with E-state index in [9.17, 15) is 4.79 Å². The fraction of sp³-hybridized carbons (Fsp3) is 0.238. The zero-order valence-corrected chi connectivity index (χ0v) is 15.9. The van der Waals surface area contributed by atoms with Crippen LogP contribution in [-0.2, 0) is 0 Å². The number of para-hydroxylation sites is 2. The second kappa shape index (κ2) is 7.80. The second-order valence-corrected chi connectivity index (χ2v) is 7.47. The molecule has 1 fully saturated rings. The summed E-state index contributed by atoms with van der Waals surface area (Å²) in [7, 11) is 1.60. The predicted octanol–water partition coefficient (Wildman–Crippen LogP) is 5.19. The molecule has 4 rings (SSSR count). The van der Waals surface area contributed by atoms with E-state index >= 15 is 0 Å². The molecular formula is C21H21N3O2S. The van der Waals surface area contributed by atoms with E-state index in [1.165, 1.54) is 0 Å². The van der Waals surface area contributed by atoms with Crippen LogP contribution in [0.1, 0.15) is 23.9 Å². The lowest BCUT2D eigenvalue weighted by molar-refractivity contribution is 0.207. The SMILES string of the molecule is COc1ccccc1NC(=O)N1CCC[C@H]1c1ncc(-c2ccccc2)s1. The summed E-state index contributed by atoms with van der Waals surface area (Å²) in [4.78, 5) is 20.5. The quantitative estimate of drug-likeness (QED) is 0.679. The lowest BCUT2D eigenvalue weighted by atomic mass is 10.2. The van der Waals surface area contributed by atoms with Gasteiger partial charge in [0.1, 0.15) is 10.8 Å². The number of aromatic nitrogens is 1. The summed E-state index contributed by atoms with van der Waals surface area (Å²) >= 11 is 1.66. The largest absolute Gasteiger partial charge is 0.495 e. The fourth-order valence-electron chi connectivity index (χ4n) is 3.38. The lowest BCUT2D eigenvalue weighted by Crippen LogP contribution is -2.34. The highest BCUT2D eigenvalue weighted by Crippen LogP contribution is 2.37. The Bertz CT molecular complexity index is 926. The van der Waals surface area contributed by atoms with Gasteiger partial charge in [-0.25, -0.2) is 9.78 Å². The standard InChI is InChI=1S/C21H21N3O2S/c1-26-18-12-6-5-10-16(18)23-21(25)24-13-7-11-17(24)20-22-14-19(27-20)15-8-3-2-4-9-15/h2-6,8-10,12,14,17H,7,11,13H2,1H3,(H,23,25)/t17-/m0/s1. The number of thiazole rings is 1. The average Bonchev–Trinajstić information content (AvgIpc) is 3.38. The van der Waals surface area contributed by atoms with Crippen molar-refractivity contribution >= 4 is 23.1 Å². The number of amides is 2. The monoisotopic (exact) mass is 379 g/mol. The predicted molar refractivity (Wildman–Crippen MR) is 108 cm³/mol. The van der Waals surface area contributed by atoms with Crippen LogP contribution in [0.3, 0.4) is 0 Å². The summed E-state index contributed by atoms with van der Waals surface area (Å²) in [5.41, 5.74) is 1.84. The maximum atomic E-state index is 12.9. The number of nitrogens with one attached hydrogen (secondary N) is 1. The Labute approximate surface area is 162 Å². The summed E-state index contributed by atoms with van der Waals surface area (Å²) in [5, 5.41) is 3.97. The Hall–Kier alpha value is -2.86. The van der Waals surface area contributed by atoms with Gasteiger partial charge in [-0.05, 0) is 30.5 Å². The van der Waals surface area contributed by atoms with Gasteiger partial charge in [0.2, 0.25) is 0 Å². The molecule has 5 nitrogen and oxygen atoms in total. The van der Waals surface area contributed by atoms with E-state index in [-0.39, 0.29) is 12.1 Å². The first-order valence-electron chi connectivity index (χ1n) is 8.98. The van der Waals surface area contributed by atoms with Gasteiger partial charge in [-0.3, -0.25) is 0 Å². The molecule has 1 atom stereocenters. The minimum absolute atomic E-state index is 0.0159. The number of hydrogen-bond donors (Lipinski definition) is 1. The van der Waals surface area contributed by atoms with Crippen molar-refractivity contribution in [2.45, 2.75) is 18.9 Å². The van der Waals surface area contributed by atoms with Crippen LogP contribution in [0.25, 0.3) is 10.4 Å². The topological polar surface area (TPSA) is 54.5 Å². The molecule has 0 spiro atoms. The van der Waals surface area contributed by atoms with Crippen LogP contribution < -0.4 is 10.1 Å². The van der Waals surface area contributed by atoms with Gasteiger partial charge in [-0.1, -0.05) is 42.5 Å². The van der Waals surface area contributed by atoms with Crippen LogP contribution in [0.15, 0.2) is 60.8 Å². The summed E-state index contributed by atoms with van der Waals surface area (Å²) in [6, 6.07) is 17.6. The number of benzene rings is 2. The molecule has 3 aromatic rings. The molecule has 2 amide bonds. The van der Waals surface area contributed by atoms with Crippen molar-refractivity contribution in [1.29, 1.82) is 0 Å². The van der Waals surface area contributed by atoms with E-state index in [2.05, 4.69) is 22.4 Å². The molecule has 0 aliphatic carbocycles. The number of rotatable bonds is 4. The van der Waals surface area contributed by atoms with Gasteiger partial charge in [0.15, 0.2) is 0 Å². The Morgan fingerprint density at radius 1 is 1.19 bits per heavy atom. The molecule has 27 heavy (non-hydrogen) atoms. The van der Waals surface area contributed by atoms with Crippen LogP contribution in [0.2, 0.25) is 0 Å². The van der Waals surface area contributed by atoms with E-state index in [0.29, 0.717) is 11.4 Å². The molecule has 1 aliphatic heterocycles. The number of ether oxygens (including phenoxy) is 1. The van der Waals surface area contributed by atoms with Gasteiger partial charge in [-0.15, -0.1) is 11.3 Å². The first-order valence-corrected chi connectivity index (χ1v) is 9.79. The molecule has 0 bridgehead atoms. The Kier molecular flexibility index (Phi) is 5.07. The summed E-state index contributed by atoms with van der Waals surface area (Å²) in [6.07, 6.45) is 3.81. The third-order valence-electron chi connectivity index (χ3n) is 4.73. The van der Waals surface area contributed by atoms with E-state index in [4.69, 9.17) is 4.74 Å². The first-order chi connectivity index (χ1) is 13.3. The third-order valence-corrected chi connectivity index (χ3v) is 5.88. The molecule has 138 valence electrons. The van der Waals surface area contributed by atoms with Crippen molar-refractivity contribution in [2.75, 3.05) is 19.0 Å². The number of hydrogen-bond acceptors (Lipinski definition) is 4. The maximum Gasteiger partial charge on any atom is 0.322 e. The molecule has 2 aromatic carbocycles. The van der Waals surface area contributed by atoms with Gasteiger partial charge >= 0.3 is 6.03 Å². The zero-order chi connectivity index (χ0) is 18.6.